The summed E-state index contributed by atoms with van der Waals surface area (Å²) in [4.78, 5) is 0. The molecule has 6 heteroatoms. The molecule has 0 bridgehead atoms. The van der Waals surface area contributed by atoms with Gasteiger partial charge in [0, 0.05) is 10.0 Å². The lowest BCUT2D eigenvalue weighted by Crippen LogP contribution is -1.83. The topological polar surface area (TPSA) is 25.8 Å². The van der Waals surface area contributed by atoms with Crippen LogP contribution in [0, 0.1) is 5.82 Å². The highest BCUT2D eigenvalue weighted by molar-refractivity contribution is 9.10. The number of hydrogen-bond donors (Lipinski definition) is 0. The quantitative estimate of drug-likeness (QED) is 0.788. The Morgan fingerprint density at radius 2 is 2.20 bits per heavy atom. The van der Waals surface area contributed by atoms with Crippen molar-refractivity contribution in [2.24, 2.45) is 0 Å². The third-order valence-corrected chi connectivity index (χ3v) is 3.60. The van der Waals surface area contributed by atoms with E-state index >= 15 is 0 Å². The van der Waals surface area contributed by atoms with Gasteiger partial charge in [0.05, 0.1) is 5.88 Å². The summed E-state index contributed by atoms with van der Waals surface area (Å²) < 4.78 is 14.2. The molecule has 0 amide bonds. The van der Waals surface area contributed by atoms with Gasteiger partial charge in [-0.25, -0.2) is 4.39 Å². The first-order chi connectivity index (χ1) is 7.20. The molecule has 0 aliphatic carbocycles. The average Bonchev–Trinajstić information content (AvgIpc) is 2.66. The molecule has 0 radical (unpaired) electrons. The maximum absolute atomic E-state index is 13.5. The van der Waals surface area contributed by atoms with Crippen molar-refractivity contribution in [1.82, 2.24) is 10.2 Å². The van der Waals surface area contributed by atoms with Crippen molar-refractivity contribution in [3.05, 3.63) is 33.5 Å². The van der Waals surface area contributed by atoms with Crippen molar-refractivity contribution in [2.75, 3.05) is 0 Å². The first kappa shape index (κ1) is 11.0. The van der Waals surface area contributed by atoms with Gasteiger partial charge in [-0.05, 0) is 18.2 Å². The first-order valence-electron chi connectivity index (χ1n) is 4.04. The molecule has 0 aliphatic rings. The smallest absolute Gasteiger partial charge is 0.150 e. The fraction of sp³-hybridized carbons (Fsp3) is 0.111. The van der Waals surface area contributed by atoms with Crippen molar-refractivity contribution in [3.63, 3.8) is 0 Å². The molecule has 2 aromatic rings. The molecule has 15 heavy (non-hydrogen) atoms. The lowest BCUT2D eigenvalue weighted by Gasteiger charge is -1.97. The summed E-state index contributed by atoms with van der Waals surface area (Å²) in [5.74, 6) is -0.0165. The standard InChI is InChI=1S/C9H5BrClFN2S/c10-5-1-2-6(7(12)3-5)9-14-13-8(4-11)15-9/h1-3H,4H2. The highest BCUT2D eigenvalue weighted by Gasteiger charge is 2.10. The van der Waals surface area contributed by atoms with E-state index in [9.17, 15) is 4.39 Å². The van der Waals surface area contributed by atoms with Crippen LogP contribution >= 0.6 is 38.9 Å². The van der Waals surface area contributed by atoms with Crippen molar-refractivity contribution < 1.29 is 4.39 Å². The molecule has 2 nitrogen and oxygen atoms in total. The minimum atomic E-state index is -0.318. The second-order valence-electron chi connectivity index (χ2n) is 2.76. The Kier molecular flexibility index (Phi) is 3.33. The molecular weight excluding hydrogens is 303 g/mol. The Labute approximate surface area is 103 Å². The molecule has 0 fully saturated rings. The van der Waals surface area contributed by atoms with Gasteiger partial charge >= 0.3 is 0 Å². The predicted octanol–water partition coefficient (Wildman–Crippen LogP) is 3.85. The zero-order chi connectivity index (χ0) is 10.8. The number of benzene rings is 1. The molecule has 0 spiro atoms. The van der Waals surface area contributed by atoms with Gasteiger partial charge in [0.2, 0.25) is 0 Å². The van der Waals surface area contributed by atoms with Gasteiger partial charge in [-0.1, -0.05) is 27.3 Å². The normalized spacial score (nSPS) is 10.6. The second-order valence-corrected chi connectivity index (χ2v) is 5.00. The number of hydrogen-bond acceptors (Lipinski definition) is 3. The van der Waals surface area contributed by atoms with Crippen molar-refractivity contribution in [3.8, 4) is 10.6 Å². The third-order valence-electron chi connectivity index (χ3n) is 1.74. The van der Waals surface area contributed by atoms with E-state index < -0.39 is 0 Å². The maximum Gasteiger partial charge on any atom is 0.150 e. The number of rotatable bonds is 2. The molecule has 0 N–H and O–H groups in total. The van der Waals surface area contributed by atoms with Gasteiger partial charge < -0.3 is 0 Å². The molecule has 2 rings (SSSR count). The number of nitrogens with zero attached hydrogens (tertiary/aromatic N) is 2. The van der Waals surface area contributed by atoms with Crippen LogP contribution in [-0.2, 0) is 5.88 Å². The summed E-state index contributed by atoms with van der Waals surface area (Å²) in [5.41, 5.74) is 0.451. The van der Waals surface area contributed by atoms with E-state index in [1.807, 2.05) is 0 Å². The van der Waals surface area contributed by atoms with E-state index in [1.165, 1.54) is 17.4 Å². The van der Waals surface area contributed by atoms with Crippen molar-refractivity contribution in [1.29, 1.82) is 0 Å². The van der Waals surface area contributed by atoms with Crippen LogP contribution < -0.4 is 0 Å². The van der Waals surface area contributed by atoms with E-state index in [0.717, 1.165) is 0 Å². The molecule has 0 saturated heterocycles. The predicted molar refractivity (Wildman–Crippen MR) is 62.6 cm³/mol. The van der Waals surface area contributed by atoms with E-state index in [4.69, 9.17) is 11.6 Å². The molecule has 1 aromatic heterocycles. The summed E-state index contributed by atoms with van der Waals surface area (Å²) in [5, 5.41) is 8.95. The summed E-state index contributed by atoms with van der Waals surface area (Å²) in [6.07, 6.45) is 0. The number of halogens is 3. The molecule has 0 atom stereocenters. The zero-order valence-corrected chi connectivity index (χ0v) is 10.5. The van der Waals surface area contributed by atoms with E-state index in [2.05, 4.69) is 26.1 Å². The monoisotopic (exact) mass is 306 g/mol. The summed E-state index contributed by atoms with van der Waals surface area (Å²) in [7, 11) is 0. The van der Waals surface area contributed by atoms with E-state index in [-0.39, 0.29) is 5.82 Å². The summed E-state index contributed by atoms with van der Waals surface area (Å²) >= 11 is 10.1. The average molecular weight is 308 g/mol. The molecule has 78 valence electrons. The molecule has 1 aromatic carbocycles. The fourth-order valence-corrected chi connectivity index (χ4v) is 2.35. The lowest BCUT2D eigenvalue weighted by molar-refractivity contribution is 0.630. The molecule has 1 heterocycles. The Hall–Kier alpha value is -0.520. The van der Waals surface area contributed by atoms with Crippen molar-refractivity contribution >= 4 is 38.9 Å². The number of aromatic nitrogens is 2. The van der Waals surface area contributed by atoms with Crippen LogP contribution in [0.3, 0.4) is 0 Å². The Bertz CT molecular complexity index is 489. The Morgan fingerprint density at radius 3 is 2.80 bits per heavy atom. The Balaban J connectivity index is 2.44. The van der Waals surface area contributed by atoms with Crippen LogP contribution in [0.5, 0.6) is 0 Å². The minimum Gasteiger partial charge on any atom is -0.206 e. The molecule has 0 aliphatic heterocycles. The SMILES string of the molecule is Fc1cc(Br)ccc1-c1nnc(CCl)s1. The van der Waals surface area contributed by atoms with Crippen molar-refractivity contribution in [2.45, 2.75) is 5.88 Å². The third kappa shape index (κ3) is 2.35. The maximum atomic E-state index is 13.5. The lowest BCUT2D eigenvalue weighted by atomic mass is 10.2. The van der Waals surface area contributed by atoms with Gasteiger partial charge in [-0.3, -0.25) is 0 Å². The van der Waals surface area contributed by atoms with Crippen LogP contribution in [0.1, 0.15) is 5.01 Å². The van der Waals surface area contributed by atoms with Crippen LogP contribution in [-0.4, -0.2) is 10.2 Å². The molecule has 0 unspecified atom stereocenters. The minimum absolute atomic E-state index is 0.301. The highest BCUT2D eigenvalue weighted by atomic mass is 79.9. The summed E-state index contributed by atoms with van der Waals surface area (Å²) in [6, 6.07) is 4.83. The van der Waals surface area contributed by atoms with Crippen LogP contribution in [0.2, 0.25) is 0 Å². The second kappa shape index (κ2) is 4.55. The number of alkyl halides is 1. The van der Waals surface area contributed by atoms with E-state index in [1.54, 1.807) is 12.1 Å². The van der Waals surface area contributed by atoms with Gasteiger partial charge in [0.25, 0.3) is 0 Å². The van der Waals surface area contributed by atoms with Gasteiger partial charge in [-0.2, -0.15) is 0 Å². The van der Waals surface area contributed by atoms with Gasteiger partial charge in [0.15, 0.2) is 5.01 Å². The van der Waals surface area contributed by atoms with E-state index in [0.29, 0.717) is 25.9 Å². The van der Waals surface area contributed by atoms with Crippen LogP contribution in [0.25, 0.3) is 10.6 Å². The van der Waals surface area contributed by atoms with Gasteiger partial charge in [0.1, 0.15) is 10.8 Å². The molecule has 0 saturated carbocycles. The fourth-order valence-electron chi connectivity index (χ4n) is 1.08. The zero-order valence-electron chi connectivity index (χ0n) is 7.38. The first-order valence-corrected chi connectivity index (χ1v) is 6.19. The molecular formula is C9H5BrClFN2S. The van der Waals surface area contributed by atoms with Crippen LogP contribution in [0.15, 0.2) is 22.7 Å². The Morgan fingerprint density at radius 1 is 1.40 bits per heavy atom. The highest BCUT2D eigenvalue weighted by Crippen LogP contribution is 2.28. The van der Waals surface area contributed by atoms with Crippen LogP contribution in [0.4, 0.5) is 4.39 Å². The summed E-state index contributed by atoms with van der Waals surface area (Å²) in [6.45, 7) is 0. The largest absolute Gasteiger partial charge is 0.206 e. The van der Waals surface area contributed by atoms with Gasteiger partial charge in [-0.15, -0.1) is 21.8 Å².